The molecule has 18 heavy (non-hydrogen) atoms. The summed E-state index contributed by atoms with van der Waals surface area (Å²) in [6.45, 7) is 5.99. The lowest BCUT2D eigenvalue weighted by molar-refractivity contribution is -0.154. The van der Waals surface area contributed by atoms with E-state index in [9.17, 15) is 9.59 Å². The Morgan fingerprint density at radius 2 is 2.06 bits per heavy atom. The highest BCUT2D eigenvalue weighted by molar-refractivity contribution is 5.99. The van der Waals surface area contributed by atoms with Crippen LogP contribution in [0.1, 0.15) is 42.9 Å². The lowest BCUT2D eigenvalue weighted by Gasteiger charge is -2.26. The molecule has 1 unspecified atom stereocenters. The van der Waals surface area contributed by atoms with Gasteiger partial charge in [-0.3, -0.25) is 14.5 Å². The molecule has 0 saturated carbocycles. The van der Waals surface area contributed by atoms with Gasteiger partial charge in [0.05, 0.1) is 0 Å². The third-order valence-corrected chi connectivity index (χ3v) is 2.84. The van der Waals surface area contributed by atoms with Crippen LogP contribution in [0.25, 0.3) is 0 Å². The van der Waals surface area contributed by atoms with Crippen molar-refractivity contribution >= 4 is 11.9 Å². The molecule has 0 aliphatic carbocycles. The first kappa shape index (κ1) is 12.6. The van der Waals surface area contributed by atoms with Crippen molar-refractivity contribution in [3.8, 4) is 0 Å². The molecule has 0 spiro atoms. The quantitative estimate of drug-likeness (QED) is 0.770. The number of fused-ring (bicyclic) bond motifs is 1. The molecule has 1 aliphatic rings. The van der Waals surface area contributed by atoms with Crippen molar-refractivity contribution in [2.24, 2.45) is 5.92 Å². The Hall–Kier alpha value is -1.84. The van der Waals surface area contributed by atoms with Gasteiger partial charge >= 0.3 is 5.97 Å². The van der Waals surface area contributed by atoms with E-state index in [2.05, 4.69) is 0 Å². The average Bonchev–Trinajstić information content (AvgIpc) is 2.54. The molecular weight excluding hydrogens is 230 g/mol. The highest BCUT2D eigenvalue weighted by atomic mass is 16.6. The highest BCUT2D eigenvalue weighted by Gasteiger charge is 2.38. The fraction of sp³-hybridized carbons (Fsp3) is 0.429. The molecule has 4 heteroatoms. The van der Waals surface area contributed by atoms with Crippen LogP contribution in [0.3, 0.4) is 0 Å². The van der Waals surface area contributed by atoms with Crippen molar-refractivity contribution < 1.29 is 14.3 Å². The third-order valence-electron chi connectivity index (χ3n) is 2.84. The maximum atomic E-state index is 12.3. The Morgan fingerprint density at radius 3 is 2.67 bits per heavy atom. The standard InChI is InChI=1S/C14H17NO3/c1-9(2)8-15-13(17)11-6-4-5-7-12(11)14(15)18-10(3)16/h4-7,9,14H,8H2,1-3H3. The van der Waals surface area contributed by atoms with E-state index >= 15 is 0 Å². The predicted octanol–water partition coefficient (Wildman–Crippen LogP) is 2.36. The summed E-state index contributed by atoms with van der Waals surface area (Å²) in [4.78, 5) is 25.1. The van der Waals surface area contributed by atoms with Crippen LogP contribution in [0.2, 0.25) is 0 Å². The normalized spacial score (nSPS) is 18.1. The van der Waals surface area contributed by atoms with Crippen molar-refractivity contribution in [1.82, 2.24) is 4.90 Å². The number of ether oxygens (including phenoxy) is 1. The van der Waals surface area contributed by atoms with Crippen LogP contribution in [0.4, 0.5) is 0 Å². The number of nitrogens with zero attached hydrogens (tertiary/aromatic N) is 1. The second-order valence-electron chi connectivity index (χ2n) is 4.90. The first-order valence-electron chi connectivity index (χ1n) is 6.08. The zero-order chi connectivity index (χ0) is 13.3. The van der Waals surface area contributed by atoms with E-state index in [4.69, 9.17) is 4.74 Å². The molecule has 1 heterocycles. The molecule has 0 radical (unpaired) electrons. The molecule has 1 aromatic rings. The lowest BCUT2D eigenvalue weighted by atomic mass is 10.1. The van der Waals surface area contributed by atoms with Gasteiger partial charge in [-0.2, -0.15) is 0 Å². The molecule has 1 amide bonds. The van der Waals surface area contributed by atoms with E-state index in [1.165, 1.54) is 6.92 Å². The lowest BCUT2D eigenvalue weighted by Crippen LogP contribution is -2.33. The Bertz CT molecular complexity index is 482. The molecule has 1 atom stereocenters. The zero-order valence-corrected chi connectivity index (χ0v) is 10.8. The van der Waals surface area contributed by atoms with Crippen LogP contribution in [-0.2, 0) is 9.53 Å². The summed E-state index contributed by atoms with van der Waals surface area (Å²) in [7, 11) is 0. The summed E-state index contributed by atoms with van der Waals surface area (Å²) in [6, 6.07) is 7.28. The van der Waals surface area contributed by atoms with Crippen molar-refractivity contribution in [1.29, 1.82) is 0 Å². The molecule has 96 valence electrons. The van der Waals surface area contributed by atoms with Crippen LogP contribution in [0, 0.1) is 5.92 Å². The first-order chi connectivity index (χ1) is 8.50. The van der Waals surface area contributed by atoms with Gasteiger partial charge in [-0.15, -0.1) is 0 Å². The largest absolute Gasteiger partial charge is 0.437 e. The third kappa shape index (κ3) is 2.23. The summed E-state index contributed by atoms with van der Waals surface area (Å²) >= 11 is 0. The van der Waals surface area contributed by atoms with E-state index in [-0.39, 0.29) is 11.9 Å². The predicted molar refractivity (Wildman–Crippen MR) is 66.8 cm³/mol. The van der Waals surface area contributed by atoms with E-state index < -0.39 is 6.23 Å². The first-order valence-corrected chi connectivity index (χ1v) is 6.08. The van der Waals surface area contributed by atoms with E-state index in [1.54, 1.807) is 11.0 Å². The molecule has 0 bridgehead atoms. The van der Waals surface area contributed by atoms with Gasteiger partial charge in [0.2, 0.25) is 6.23 Å². The van der Waals surface area contributed by atoms with Crippen LogP contribution in [-0.4, -0.2) is 23.3 Å². The molecular formula is C14H17NO3. The Kier molecular flexibility index (Phi) is 3.36. The summed E-state index contributed by atoms with van der Waals surface area (Å²) < 4.78 is 5.29. The second-order valence-corrected chi connectivity index (χ2v) is 4.90. The van der Waals surface area contributed by atoms with Gasteiger partial charge < -0.3 is 4.74 Å². The van der Waals surface area contributed by atoms with Gasteiger partial charge in [-0.25, -0.2) is 0 Å². The molecule has 1 aromatic carbocycles. The molecule has 4 nitrogen and oxygen atoms in total. The average molecular weight is 247 g/mol. The van der Waals surface area contributed by atoms with Gasteiger partial charge in [0, 0.05) is 24.6 Å². The second kappa shape index (κ2) is 4.80. The van der Waals surface area contributed by atoms with Crippen LogP contribution >= 0.6 is 0 Å². The number of carbonyl (C=O) groups excluding carboxylic acids is 2. The van der Waals surface area contributed by atoms with E-state index in [0.29, 0.717) is 18.0 Å². The number of benzene rings is 1. The maximum Gasteiger partial charge on any atom is 0.304 e. The monoisotopic (exact) mass is 247 g/mol. The molecule has 0 saturated heterocycles. The van der Waals surface area contributed by atoms with Crippen molar-refractivity contribution in [2.45, 2.75) is 27.0 Å². The Labute approximate surface area is 107 Å². The Morgan fingerprint density at radius 1 is 1.39 bits per heavy atom. The molecule has 0 N–H and O–H groups in total. The summed E-state index contributed by atoms with van der Waals surface area (Å²) in [6.07, 6.45) is -0.575. The topological polar surface area (TPSA) is 46.6 Å². The van der Waals surface area contributed by atoms with E-state index in [1.807, 2.05) is 32.0 Å². The van der Waals surface area contributed by atoms with Gasteiger partial charge in [0.25, 0.3) is 5.91 Å². The summed E-state index contributed by atoms with van der Waals surface area (Å²) in [5.41, 5.74) is 1.41. The highest BCUT2D eigenvalue weighted by Crippen LogP contribution is 2.34. The maximum absolute atomic E-state index is 12.3. The van der Waals surface area contributed by atoms with Crippen LogP contribution < -0.4 is 0 Å². The van der Waals surface area contributed by atoms with Gasteiger partial charge in [-0.1, -0.05) is 32.0 Å². The smallest absolute Gasteiger partial charge is 0.304 e. The number of amides is 1. The molecule has 0 fully saturated rings. The number of esters is 1. The van der Waals surface area contributed by atoms with Gasteiger partial charge in [-0.05, 0) is 12.0 Å². The molecule has 2 rings (SSSR count). The zero-order valence-electron chi connectivity index (χ0n) is 10.8. The van der Waals surface area contributed by atoms with Crippen LogP contribution in [0.5, 0.6) is 0 Å². The number of hydrogen-bond acceptors (Lipinski definition) is 3. The fourth-order valence-electron chi connectivity index (χ4n) is 2.19. The van der Waals surface area contributed by atoms with E-state index in [0.717, 1.165) is 5.56 Å². The Balaban J connectivity index is 2.36. The van der Waals surface area contributed by atoms with Gasteiger partial charge in [0.1, 0.15) is 0 Å². The number of carbonyl (C=O) groups is 2. The summed E-state index contributed by atoms with van der Waals surface area (Å²) in [5.74, 6) is -0.120. The SMILES string of the molecule is CC(=O)OC1c2ccccc2C(=O)N1CC(C)C. The molecule has 0 aromatic heterocycles. The summed E-state index contributed by atoms with van der Waals surface area (Å²) in [5, 5.41) is 0. The van der Waals surface area contributed by atoms with Crippen LogP contribution in [0.15, 0.2) is 24.3 Å². The molecule has 1 aliphatic heterocycles. The fourth-order valence-corrected chi connectivity index (χ4v) is 2.19. The van der Waals surface area contributed by atoms with Crippen molar-refractivity contribution in [2.75, 3.05) is 6.54 Å². The van der Waals surface area contributed by atoms with Crippen molar-refractivity contribution in [3.05, 3.63) is 35.4 Å². The number of rotatable bonds is 3. The number of hydrogen-bond donors (Lipinski definition) is 0. The minimum Gasteiger partial charge on any atom is -0.437 e. The minimum atomic E-state index is -0.575. The van der Waals surface area contributed by atoms with Gasteiger partial charge in [0.15, 0.2) is 0 Å². The van der Waals surface area contributed by atoms with Crippen molar-refractivity contribution in [3.63, 3.8) is 0 Å². The minimum absolute atomic E-state index is 0.0643.